The number of aromatic amines is 1. The number of aryl methyl sites for hydroxylation is 1. The number of rotatable bonds is 17. The summed E-state index contributed by atoms with van der Waals surface area (Å²) in [6.45, 7) is 10.9. The van der Waals surface area contributed by atoms with Crippen LogP contribution in [0.1, 0.15) is 114 Å². The predicted octanol–water partition coefficient (Wildman–Crippen LogP) is 7.18. The third-order valence-corrected chi connectivity index (χ3v) is 13.3. The molecule has 0 bridgehead atoms. The van der Waals surface area contributed by atoms with Gasteiger partial charge in [-0.3, -0.25) is 19.2 Å². The topological polar surface area (TPSA) is 194 Å². The number of aliphatic hydroxyl groups excluding tert-OH is 1. The molecule has 2 saturated heterocycles. The van der Waals surface area contributed by atoms with Crippen molar-refractivity contribution in [1.29, 1.82) is 0 Å². The van der Waals surface area contributed by atoms with E-state index in [9.17, 15) is 29.4 Å². The van der Waals surface area contributed by atoms with Crippen molar-refractivity contribution in [2.45, 2.75) is 123 Å². The number of benzene rings is 2. The Morgan fingerprint density at radius 2 is 1.60 bits per heavy atom. The molecule has 2 fully saturated rings. The highest BCUT2D eigenvalue weighted by molar-refractivity contribution is 7.13. The number of phenolic OH excluding ortho intramolecular Hbond substituents is 1. The fourth-order valence-corrected chi connectivity index (χ4v) is 9.36. The summed E-state index contributed by atoms with van der Waals surface area (Å²) < 4.78 is 0. The van der Waals surface area contributed by atoms with Crippen molar-refractivity contribution < 1.29 is 29.4 Å². The molecule has 2 aliphatic rings. The van der Waals surface area contributed by atoms with Crippen LogP contribution in [0, 0.1) is 12.3 Å². The Hall–Kier alpha value is -5.67. The van der Waals surface area contributed by atoms with E-state index in [4.69, 9.17) is 0 Å². The van der Waals surface area contributed by atoms with Gasteiger partial charge in [0.1, 0.15) is 17.8 Å². The average Bonchev–Trinajstić information content (AvgIpc) is 3.97. The summed E-state index contributed by atoms with van der Waals surface area (Å²) >= 11 is 1.58. The maximum atomic E-state index is 14.1. The first-order valence-electron chi connectivity index (χ1n) is 22.2. The fraction of sp³-hybridized carbons (Fsp3) is 0.479. The molecule has 4 amide bonds. The number of aliphatic hydroxyl groups is 1. The van der Waals surface area contributed by atoms with E-state index in [0.717, 1.165) is 64.9 Å². The zero-order valence-corrected chi connectivity index (χ0v) is 37.7. The Balaban J connectivity index is 0.793. The highest BCUT2D eigenvalue weighted by Crippen LogP contribution is 2.33. The first-order chi connectivity index (χ1) is 30.2. The van der Waals surface area contributed by atoms with Crippen molar-refractivity contribution in [3.05, 3.63) is 83.1 Å². The minimum Gasteiger partial charge on any atom is -0.507 e. The minimum absolute atomic E-state index is 0.0200. The fourth-order valence-electron chi connectivity index (χ4n) is 8.55. The molecular formula is C48H60N8O6S. The van der Waals surface area contributed by atoms with Crippen LogP contribution in [0.2, 0.25) is 0 Å². The van der Waals surface area contributed by atoms with Crippen molar-refractivity contribution >= 4 is 46.0 Å². The number of aromatic hydroxyl groups is 1. The first-order valence-corrected chi connectivity index (χ1v) is 23.1. The van der Waals surface area contributed by atoms with Crippen LogP contribution in [0.4, 0.5) is 0 Å². The van der Waals surface area contributed by atoms with Gasteiger partial charge < -0.3 is 35.6 Å². The van der Waals surface area contributed by atoms with Crippen LogP contribution in [0.25, 0.3) is 32.7 Å². The van der Waals surface area contributed by atoms with E-state index in [1.165, 1.54) is 4.90 Å². The maximum absolute atomic E-state index is 14.1. The molecule has 2 aromatic carbocycles. The molecule has 5 heterocycles. The van der Waals surface area contributed by atoms with Gasteiger partial charge in [-0.05, 0) is 67.5 Å². The van der Waals surface area contributed by atoms with E-state index >= 15 is 0 Å². The van der Waals surface area contributed by atoms with E-state index in [0.29, 0.717) is 42.8 Å². The smallest absolute Gasteiger partial charge is 0.246 e. The number of nitrogens with one attached hydrogen (secondary N) is 3. The largest absolute Gasteiger partial charge is 0.507 e. The van der Waals surface area contributed by atoms with Gasteiger partial charge in [-0.1, -0.05) is 82.9 Å². The molecule has 0 spiro atoms. The Bertz CT molecular complexity index is 2400. The monoisotopic (exact) mass is 876 g/mol. The van der Waals surface area contributed by atoms with Crippen molar-refractivity contribution in [1.82, 2.24) is 40.6 Å². The number of aromatic nitrogens is 4. The number of carbonyl (C=O) groups is 4. The van der Waals surface area contributed by atoms with Gasteiger partial charge in [0.25, 0.3) is 0 Å². The van der Waals surface area contributed by atoms with E-state index in [1.54, 1.807) is 23.5 Å². The molecule has 63 heavy (non-hydrogen) atoms. The third kappa shape index (κ3) is 10.9. The molecule has 15 heteroatoms. The SMILES string of the molecule is Cc1ncsc1-c1ccc([C@H](C)NC(=O)[C@@H]2C[C@@H](O)CN2C(=O)[C@@H](NC(=O)CCCCCCCCC(=O)N2CC(c3cc4cc(-c5ccccc5O)nnc4[nH]3)C2)C(C)(C)C)cc1. The second-order valence-corrected chi connectivity index (χ2v) is 19.1. The number of amides is 4. The number of unbranched alkanes of at least 4 members (excludes halogenated alkanes) is 5. The summed E-state index contributed by atoms with van der Waals surface area (Å²) in [5, 5.41) is 36.4. The number of hydrogen-bond donors (Lipinski definition) is 5. The molecule has 0 unspecified atom stereocenters. The minimum atomic E-state index is -0.869. The number of fused-ring (bicyclic) bond motifs is 1. The average molecular weight is 877 g/mol. The molecule has 5 aromatic rings. The van der Waals surface area contributed by atoms with Crippen LogP contribution in [0.5, 0.6) is 5.75 Å². The maximum Gasteiger partial charge on any atom is 0.246 e. The Labute approximate surface area is 372 Å². The second-order valence-electron chi connectivity index (χ2n) is 18.3. The Morgan fingerprint density at radius 1 is 0.905 bits per heavy atom. The highest BCUT2D eigenvalue weighted by Gasteiger charge is 2.44. The molecule has 334 valence electrons. The molecule has 14 nitrogen and oxygen atoms in total. The normalized spacial score (nSPS) is 17.7. The number of para-hydroxylation sites is 1. The summed E-state index contributed by atoms with van der Waals surface area (Å²) in [4.78, 5) is 65.9. The van der Waals surface area contributed by atoms with Crippen molar-refractivity contribution in [2.24, 2.45) is 5.41 Å². The number of β-amino-alcohol motifs (C(OH)–C–C–N with tert-alkyl or cyclic N) is 1. The number of likely N-dealkylation sites (tertiary alicyclic amines) is 2. The molecule has 0 aliphatic carbocycles. The van der Waals surface area contributed by atoms with Crippen LogP contribution in [-0.2, 0) is 19.2 Å². The van der Waals surface area contributed by atoms with Crippen LogP contribution in [0.3, 0.4) is 0 Å². The molecule has 4 atom stereocenters. The summed E-state index contributed by atoms with van der Waals surface area (Å²) in [5.41, 5.74) is 7.08. The summed E-state index contributed by atoms with van der Waals surface area (Å²) in [6, 6.07) is 16.9. The molecular weight excluding hydrogens is 817 g/mol. The van der Waals surface area contributed by atoms with Gasteiger partial charge in [0.2, 0.25) is 23.6 Å². The van der Waals surface area contributed by atoms with Crippen molar-refractivity contribution in [3.8, 4) is 27.4 Å². The summed E-state index contributed by atoms with van der Waals surface area (Å²) in [6.07, 6.45) is 5.27. The van der Waals surface area contributed by atoms with Crippen LogP contribution in [-0.4, -0.2) is 102 Å². The van der Waals surface area contributed by atoms with Crippen LogP contribution < -0.4 is 10.6 Å². The number of hydrogen-bond acceptors (Lipinski definition) is 10. The van der Waals surface area contributed by atoms with Gasteiger partial charge in [-0.2, -0.15) is 0 Å². The lowest BCUT2D eigenvalue weighted by atomic mass is 9.85. The Morgan fingerprint density at radius 3 is 2.29 bits per heavy atom. The van der Waals surface area contributed by atoms with Gasteiger partial charge in [-0.15, -0.1) is 21.5 Å². The number of phenols is 1. The van der Waals surface area contributed by atoms with E-state index in [-0.39, 0.29) is 60.7 Å². The first kappa shape index (κ1) is 45.4. The molecule has 0 radical (unpaired) electrons. The lowest BCUT2D eigenvalue weighted by Crippen LogP contribution is -2.57. The predicted molar refractivity (Wildman–Crippen MR) is 244 cm³/mol. The molecule has 2 aliphatic heterocycles. The lowest BCUT2D eigenvalue weighted by molar-refractivity contribution is -0.144. The van der Waals surface area contributed by atoms with E-state index in [1.807, 2.05) is 87.5 Å². The van der Waals surface area contributed by atoms with Gasteiger partial charge in [0.05, 0.1) is 33.9 Å². The van der Waals surface area contributed by atoms with Gasteiger partial charge in [0, 0.05) is 61.5 Å². The van der Waals surface area contributed by atoms with Gasteiger partial charge in [0.15, 0.2) is 5.65 Å². The Kier molecular flexibility index (Phi) is 14.3. The summed E-state index contributed by atoms with van der Waals surface area (Å²) in [7, 11) is 0. The second kappa shape index (κ2) is 19.8. The molecule has 3 aromatic heterocycles. The summed E-state index contributed by atoms with van der Waals surface area (Å²) in [5.74, 6) is -0.398. The third-order valence-electron chi connectivity index (χ3n) is 12.4. The number of carbonyl (C=O) groups excluding carboxylic acids is 4. The standard InChI is InChI=1S/C48H60N8O6S/c1-29(31-18-20-32(21-19-31)43-30(2)49-28-63-43)50-46(61)39-24-35(57)27-56(39)47(62)44(48(3,4)5)52-41(59)16-10-8-6-7-9-11-17-42(60)55-25-34(26-55)37-22-33-23-38(53-54-45(33)51-37)36-14-12-13-15-40(36)58/h12-15,18-23,28-29,34-35,39,44,57-58H,6-11,16-17,24-27H2,1-5H3,(H,50,61)(H,51,54)(H,52,59)/t29-,35+,39-,44+/m0/s1. The molecule has 5 N–H and O–H groups in total. The van der Waals surface area contributed by atoms with Crippen LogP contribution in [0.15, 0.2) is 66.2 Å². The number of H-pyrrole nitrogens is 1. The zero-order chi connectivity index (χ0) is 44.8. The zero-order valence-electron chi connectivity index (χ0n) is 36.9. The quantitative estimate of drug-likeness (QED) is 0.0602. The molecule has 0 saturated carbocycles. The van der Waals surface area contributed by atoms with Gasteiger partial charge >= 0.3 is 0 Å². The van der Waals surface area contributed by atoms with E-state index in [2.05, 4.69) is 36.9 Å². The van der Waals surface area contributed by atoms with Crippen LogP contribution >= 0.6 is 11.3 Å². The van der Waals surface area contributed by atoms with E-state index < -0.39 is 23.6 Å². The van der Waals surface area contributed by atoms with Crippen molar-refractivity contribution in [3.63, 3.8) is 0 Å². The van der Waals surface area contributed by atoms with Crippen molar-refractivity contribution in [2.75, 3.05) is 19.6 Å². The highest BCUT2D eigenvalue weighted by atomic mass is 32.1. The molecule has 7 rings (SSSR count). The lowest BCUT2D eigenvalue weighted by Gasteiger charge is -2.39. The van der Waals surface area contributed by atoms with Gasteiger partial charge in [-0.25, -0.2) is 4.98 Å². The number of thiazole rings is 1. The number of nitrogens with zero attached hydrogens (tertiary/aromatic N) is 5.